The van der Waals surface area contributed by atoms with E-state index in [-0.39, 0.29) is 5.91 Å². The summed E-state index contributed by atoms with van der Waals surface area (Å²) in [6.45, 7) is 0.901. The summed E-state index contributed by atoms with van der Waals surface area (Å²) in [4.78, 5) is 12.2. The second-order valence-corrected chi connectivity index (χ2v) is 7.83. The standard InChI is InChI=1S/C19H29N3O/c23-19(20-12-14-9-8-13-4-3-6-15(13)14)11-10-18-16-5-1-2-7-17(16)21-22-18/h13-15H,1-12H2,(H,20,23)(H,21,22)/t13-,14+,15-/m0/s1. The first-order valence-corrected chi connectivity index (χ1v) is 9.63. The van der Waals surface area contributed by atoms with Crippen molar-refractivity contribution in [1.82, 2.24) is 15.5 Å². The summed E-state index contributed by atoms with van der Waals surface area (Å²) in [5.74, 6) is 2.81. The molecule has 1 amide bonds. The van der Waals surface area contributed by atoms with Crippen molar-refractivity contribution in [2.45, 2.75) is 70.6 Å². The maximum absolute atomic E-state index is 12.2. The number of nitrogens with zero attached hydrogens (tertiary/aromatic N) is 1. The molecule has 0 aromatic carbocycles. The lowest BCUT2D eigenvalue weighted by Gasteiger charge is -2.19. The number of hydrogen-bond acceptors (Lipinski definition) is 2. The maximum Gasteiger partial charge on any atom is 0.220 e. The van der Waals surface area contributed by atoms with Crippen molar-refractivity contribution in [3.8, 4) is 0 Å². The molecule has 1 aromatic rings. The fraction of sp³-hybridized carbons (Fsp3) is 0.789. The highest BCUT2D eigenvalue weighted by Gasteiger charge is 2.38. The molecule has 4 nitrogen and oxygen atoms in total. The number of carbonyl (C=O) groups is 1. The van der Waals surface area contributed by atoms with Gasteiger partial charge in [0, 0.05) is 25.1 Å². The minimum absolute atomic E-state index is 0.207. The van der Waals surface area contributed by atoms with Crippen LogP contribution in [0.4, 0.5) is 0 Å². The smallest absolute Gasteiger partial charge is 0.220 e. The van der Waals surface area contributed by atoms with Crippen molar-refractivity contribution in [2.75, 3.05) is 6.54 Å². The first-order valence-electron chi connectivity index (χ1n) is 9.63. The molecule has 0 unspecified atom stereocenters. The van der Waals surface area contributed by atoms with Crippen LogP contribution in [-0.2, 0) is 24.1 Å². The number of aromatic amines is 1. The highest BCUT2D eigenvalue weighted by molar-refractivity contribution is 5.76. The van der Waals surface area contributed by atoms with Crippen LogP contribution in [0.1, 0.15) is 68.3 Å². The SMILES string of the molecule is O=C(CCc1n[nH]c2c1CCCC2)NC[C@H]1CC[C@@H]2CCC[C@@H]21. The highest BCUT2D eigenvalue weighted by Crippen LogP contribution is 2.47. The Morgan fingerprint density at radius 2 is 2.04 bits per heavy atom. The zero-order valence-electron chi connectivity index (χ0n) is 14.1. The topological polar surface area (TPSA) is 57.8 Å². The second-order valence-electron chi connectivity index (χ2n) is 7.83. The minimum Gasteiger partial charge on any atom is -0.356 e. The molecule has 2 saturated carbocycles. The van der Waals surface area contributed by atoms with Crippen LogP contribution in [-0.4, -0.2) is 22.6 Å². The average molecular weight is 315 g/mol. The van der Waals surface area contributed by atoms with Gasteiger partial charge in [0.25, 0.3) is 0 Å². The Balaban J connectivity index is 1.24. The lowest BCUT2D eigenvalue weighted by atomic mass is 9.92. The molecule has 0 spiro atoms. The molecule has 23 heavy (non-hydrogen) atoms. The maximum atomic E-state index is 12.2. The van der Waals surface area contributed by atoms with Crippen LogP contribution in [0.3, 0.4) is 0 Å². The summed E-state index contributed by atoms with van der Waals surface area (Å²) in [5.41, 5.74) is 3.84. The van der Waals surface area contributed by atoms with Gasteiger partial charge in [0.05, 0.1) is 5.69 Å². The lowest BCUT2D eigenvalue weighted by Crippen LogP contribution is -2.31. The molecule has 3 aliphatic rings. The van der Waals surface area contributed by atoms with Crippen molar-refractivity contribution >= 4 is 5.91 Å². The van der Waals surface area contributed by atoms with E-state index in [1.165, 1.54) is 56.2 Å². The van der Waals surface area contributed by atoms with Gasteiger partial charge in [-0.2, -0.15) is 5.10 Å². The van der Waals surface area contributed by atoms with E-state index in [2.05, 4.69) is 15.5 Å². The molecular weight excluding hydrogens is 286 g/mol. The summed E-state index contributed by atoms with van der Waals surface area (Å²) in [5, 5.41) is 10.8. The van der Waals surface area contributed by atoms with Crippen LogP contribution in [0.15, 0.2) is 0 Å². The molecule has 0 saturated heterocycles. The summed E-state index contributed by atoms with van der Waals surface area (Å²) >= 11 is 0. The van der Waals surface area contributed by atoms with Gasteiger partial charge in [0.2, 0.25) is 5.91 Å². The van der Waals surface area contributed by atoms with E-state index in [1.54, 1.807) is 0 Å². The summed E-state index contributed by atoms with van der Waals surface area (Å²) in [7, 11) is 0. The van der Waals surface area contributed by atoms with Gasteiger partial charge >= 0.3 is 0 Å². The number of amides is 1. The zero-order chi connectivity index (χ0) is 15.6. The number of aromatic nitrogens is 2. The summed E-state index contributed by atoms with van der Waals surface area (Å²) in [6, 6.07) is 0. The molecule has 2 fully saturated rings. The molecule has 0 aliphatic heterocycles. The molecule has 4 rings (SSSR count). The number of fused-ring (bicyclic) bond motifs is 2. The first kappa shape index (κ1) is 15.2. The van der Waals surface area contributed by atoms with Crippen LogP contribution in [0.5, 0.6) is 0 Å². The van der Waals surface area contributed by atoms with Gasteiger partial charge in [-0.15, -0.1) is 0 Å². The van der Waals surface area contributed by atoms with Crippen LogP contribution >= 0.6 is 0 Å². The summed E-state index contributed by atoms with van der Waals surface area (Å²) < 4.78 is 0. The molecule has 3 aliphatic carbocycles. The fourth-order valence-corrected chi connectivity index (χ4v) is 5.26. The highest BCUT2D eigenvalue weighted by atomic mass is 16.1. The third-order valence-electron chi connectivity index (χ3n) is 6.52. The van der Waals surface area contributed by atoms with Gasteiger partial charge in [-0.05, 0) is 68.3 Å². The number of aryl methyl sites for hydroxylation is 2. The minimum atomic E-state index is 0.207. The van der Waals surface area contributed by atoms with Crippen molar-refractivity contribution in [3.63, 3.8) is 0 Å². The molecule has 1 aromatic heterocycles. The van der Waals surface area contributed by atoms with Crippen molar-refractivity contribution < 1.29 is 4.79 Å². The molecule has 0 radical (unpaired) electrons. The zero-order valence-corrected chi connectivity index (χ0v) is 14.1. The van der Waals surface area contributed by atoms with Crippen LogP contribution in [0.2, 0.25) is 0 Å². The van der Waals surface area contributed by atoms with E-state index in [4.69, 9.17) is 0 Å². The first-order chi connectivity index (χ1) is 11.3. The van der Waals surface area contributed by atoms with Gasteiger partial charge in [-0.1, -0.05) is 12.8 Å². The molecule has 0 bridgehead atoms. The van der Waals surface area contributed by atoms with Crippen molar-refractivity contribution in [2.24, 2.45) is 17.8 Å². The number of rotatable bonds is 5. The second kappa shape index (κ2) is 6.66. The van der Waals surface area contributed by atoms with E-state index < -0.39 is 0 Å². The van der Waals surface area contributed by atoms with Gasteiger partial charge in [-0.3, -0.25) is 9.89 Å². The lowest BCUT2D eigenvalue weighted by molar-refractivity contribution is -0.121. The van der Waals surface area contributed by atoms with E-state index >= 15 is 0 Å². The third kappa shape index (κ3) is 3.17. The van der Waals surface area contributed by atoms with Gasteiger partial charge in [0.1, 0.15) is 0 Å². The molecule has 1 heterocycles. The molecule has 126 valence electrons. The van der Waals surface area contributed by atoms with Gasteiger partial charge < -0.3 is 5.32 Å². The van der Waals surface area contributed by atoms with Crippen LogP contribution < -0.4 is 5.32 Å². The van der Waals surface area contributed by atoms with Gasteiger partial charge in [-0.25, -0.2) is 0 Å². The number of hydrogen-bond donors (Lipinski definition) is 2. The Morgan fingerprint density at radius 3 is 3.00 bits per heavy atom. The Kier molecular flexibility index (Phi) is 4.41. The Labute approximate surface area is 138 Å². The number of H-pyrrole nitrogens is 1. The molecule has 3 atom stereocenters. The van der Waals surface area contributed by atoms with Crippen LogP contribution in [0, 0.1) is 17.8 Å². The molecular formula is C19H29N3O. The van der Waals surface area contributed by atoms with E-state index in [9.17, 15) is 4.79 Å². The Bertz CT molecular complexity index is 565. The predicted molar refractivity (Wildman–Crippen MR) is 90.1 cm³/mol. The summed E-state index contributed by atoms with van der Waals surface area (Å²) in [6.07, 6.45) is 13.1. The van der Waals surface area contributed by atoms with Crippen molar-refractivity contribution in [1.29, 1.82) is 0 Å². The van der Waals surface area contributed by atoms with E-state index in [0.29, 0.717) is 6.42 Å². The molecule has 4 heteroatoms. The quantitative estimate of drug-likeness (QED) is 0.877. The van der Waals surface area contributed by atoms with Crippen molar-refractivity contribution in [3.05, 3.63) is 17.0 Å². The predicted octanol–water partition coefficient (Wildman–Crippen LogP) is 3.16. The average Bonchev–Trinajstić information content (AvgIpc) is 3.27. The monoisotopic (exact) mass is 315 g/mol. The van der Waals surface area contributed by atoms with Gasteiger partial charge in [0.15, 0.2) is 0 Å². The number of carbonyl (C=O) groups excluding carboxylic acids is 1. The number of nitrogens with one attached hydrogen (secondary N) is 2. The fourth-order valence-electron chi connectivity index (χ4n) is 5.26. The normalized spacial score (nSPS) is 29.3. The molecule has 2 N–H and O–H groups in total. The Morgan fingerprint density at radius 1 is 1.13 bits per heavy atom. The third-order valence-corrected chi connectivity index (χ3v) is 6.52. The van der Waals surface area contributed by atoms with E-state index in [1.807, 2.05) is 0 Å². The van der Waals surface area contributed by atoms with Crippen LogP contribution in [0.25, 0.3) is 0 Å². The Hall–Kier alpha value is -1.32. The largest absolute Gasteiger partial charge is 0.356 e. The van der Waals surface area contributed by atoms with E-state index in [0.717, 1.165) is 49.3 Å².